The van der Waals surface area contributed by atoms with E-state index in [-0.39, 0.29) is 17.9 Å². The Morgan fingerprint density at radius 2 is 2.33 bits per heavy atom. The molecule has 128 valence electrons. The number of nitrogens with one attached hydrogen (secondary N) is 3. The lowest BCUT2D eigenvalue weighted by molar-refractivity contribution is -0.125. The summed E-state index contributed by atoms with van der Waals surface area (Å²) in [5.41, 5.74) is 0.584. The molecule has 0 saturated carbocycles. The first-order valence-corrected chi connectivity index (χ1v) is 8.09. The maximum Gasteiger partial charge on any atom is 0.225 e. The minimum Gasteiger partial charge on any atom is -0.463 e. The monoisotopic (exact) mass is 331 g/mol. The van der Waals surface area contributed by atoms with Gasteiger partial charge in [0.25, 0.3) is 0 Å². The van der Waals surface area contributed by atoms with E-state index in [1.165, 1.54) is 0 Å². The molecule has 2 atom stereocenters. The van der Waals surface area contributed by atoms with Gasteiger partial charge in [-0.2, -0.15) is 5.10 Å². The number of furan rings is 1. The van der Waals surface area contributed by atoms with E-state index in [9.17, 15) is 9.59 Å². The Kier molecular flexibility index (Phi) is 4.66. The molecule has 3 N–H and O–H groups in total. The second-order valence-electron chi connectivity index (χ2n) is 5.68. The predicted octanol–water partition coefficient (Wildman–Crippen LogP) is 1.84. The van der Waals surface area contributed by atoms with Crippen LogP contribution in [-0.4, -0.2) is 27.6 Å². The minimum atomic E-state index is -0.521. The SMILES string of the molecule is CCC(=O)Nc1cc(-c2ccco2)nn1C1NC(=O)CC(CC)N1. The van der Waals surface area contributed by atoms with Crippen molar-refractivity contribution in [1.29, 1.82) is 0 Å². The van der Waals surface area contributed by atoms with Gasteiger partial charge in [0.2, 0.25) is 11.8 Å². The molecule has 1 saturated heterocycles. The van der Waals surface area contributed by atoms with Crippen LogP contribution in [0, 0.1) is 0 Å². The van der Waals surface area contributed by atoms with Gasteiger partial charge in [-0.1, -0.05) is 13.8 Å². The fraction of sp³-hybridized carbons (Fsp3) is 0.438. The number of aromatic nitrogens is 2. The zero-order chi connectivity index (χ0) is 17.1. The number of carbonyl (C=O) groups excluding carboxylic acids is 2. The first kappa shape index (κ1) is 16.3. The molecule has 3 heterocycles. The summed E-state index contributed by atoms with van der Waals surface area (Å²) >= 11 is 0. The van der Waals surface area contributed by atoms with E-state index in [2.05, 4.69) is 21.0 Å². The van der Waals surface area contributed by atoms with Crippen molar-refractivity contribution < 1.29 is 14.0 Å². The maximum absolute atomic E-state index is 11.9. The van der Waals surface area contributed by atoms with Gasteiger partial charge in [0.1, 0.15) is 11.5 Å². The second-order valence-corrected chi connectivity index (χ2v) is 5.68. The van der Waals surface area contributed by atoms with Crippen molar-refractivity contribution in [2.75, 3.05) is 5.32 Å². The van der Waals surface area contributed by atoms with Gasteiger partial charge >= 0.3 is 0 Å². The van der Waals surface area contributed by atoms with Crippen LogP contribution in [-0.2, 0) is 9.59 Å². The molecule has 2 aromatic heterocycles. The van der Waals surface area contributed by atoms with Crippen LogP contribution >= 0.6 is 0 Å². The topological polar surface area (TPSA) is 101 Å². The van der Waals surface area contributed by atoms with Crippen LogP contribution < -0.4 is 16.0 Å². The molecule has 1 fully saturated rings. The van der Waals surface area contributed by atoms with Gasteiger partial charge in [0.05, 0.1) is 6.26 Å². The predicted molar refractivity (Wildman–Crippen MR) is 87.9 cm³/mol. The standard InChI is InChI=1S/C16H21N5O3/c1-3-10-8-15(23)19-16(17-10)21-13(18-14(22)4-2)9-11(20-21)12-6-5-7-24-12/h5-7,9-10,16-17H,3-4,8H2,1-2H3,(H,18,22)(H,19,23). The minimum absolute atomic E-state index is 0.0478. The number of hydrogen-bond donors (Lipinski definition) is 3. The molecule has 3 rings (SSSR count). The van der Waals surface area contributed by atoms with Crippen molar-refractivity contribution in [2.24, 2.45) is 0 Å². The largest absolute Gasteiger partial charge is 0.463 e. The first-order valence-electron chi connectivity index (χ1n) is 8.09. The normalized spacial score (nSPS) is 20.7. The van der Waals surface area contributed by atoms with E-state index in [0.29, 0.717) is 30.1 Å². The van der Waals surface area contributed by atoms with Gasteiger partial charge in [-0.3, -0.25) is 14.9 Å². The quantitative estimate of drug-likeness (QED) is 0.776. The highest BCUT2D eigenvalue weighted by Gasteiger charge is 2.28. The number of anilines is 1. The summed E-state index contributed by atoms with van der Waals surface area (Å²) in [6.45, 7) is 3.79. The molecule has 0 spiro atoms. The molecule has 1 aliphatic heterocycles. The molecule has 2 aromatic rings. The average Bonchev–Trinajstić information content (AvgIpc) is 3.23. The molecular formula is C16H21N5O3. The molecule has 0 radical (unpaired) electrons. The van der Waals surface area contributed by atoms with Gasteiger partial charge < -0.3 is 15.1 Å². The molecule has 0 bridgehead atoms. The summed E-state index contributed by atoms with van der Waals surface area (Å²) in [6.07, 6.45) is 2.64. The Morgan fingerprint density at radius 3 is 3.00 bits per heavy atom. The van der Waals surface area contributed by atoms with Gasteiger partial charge in [0.15, 0.2) is 12.0 Å². The summed E-state index contributed by atoms with van der Waals surface area (Å²) in [5, 5.41) is 13.5. The Morgan fingerprint density at radius 1 is 1.50 bits per heavy atom. The molecule has 1 aliphatic rings. The number of rotatable bonds is 5. The molecule has 2 amide bonds. The van der Waals surface area contributed by atoms with Crippen LogP contribution in [0.4, 0.5) is 5.82 Å². The number of hydrogen-bond acceptors (Lipinski definition) is 5. The van der Waals surface area contributed by atoms with E-state index in [1.807, 2.05) is 6.92 Å². The third-order valence-corrected chi connectivity index (χ3v) is 3.96. The van der Waals surface area contributed by atoms with Crippen molar-refractivity contribution in [2.45, 2.75) is 45.4 Å². The van der Waals surface area contributed by atoms with Crippen LogP contribution in [0.15, 0.2) is 28.9 Å². The van der Waals surface area contributed by atoms with Crippen molar-refractivity contribution in [3.8, 4) is 11.5 Å². The van der Waals surface area contributed by atoms with Crippen LogP contribution in [0.25, 0.3) is 11.5 Å². The molecule has 0 aromatic carbocycles. The van der Waals surface area contributed by atoms with Gasteiger partial charge in [-0.15, -0.1) is 0 Å². The third-order valence-electron chi connectivity index (χ3n) is 3.96. The fourth-order valence-corrected chi connectivity index (χ4v) is 2.61. The Balaban J connectivity index is 1.94. The zero-order valence-corrected chi connectivity index (χ0v) is 13.7. The number of nitrogens with zero attached hydrogens (tertiary/aromatic N) is 2. The second kappa shape index (κ2) is 6.88. The summed E-state index contributed by atoms with van der Waals surface area (Å²) < 4.78 is 6.95. The van der Waals surface area contributed by atoms with Crippen LogP contribution in [0.3, 0.4) is 0 Å². The Bertz CT molecular complexity index is 722. The zero-order valence-electron chi connectivity index (χ0n) is 13.7. The fourth-order valence-electron chi connectivity index (χ4n) is 2.61. The highest BCUT2D eigenvalue weighted by molar-refractivity contribution is 5.90. The molecule has 0 aliphatic carbocycles. The molecule has 24 heavy (non-hydrogen) atoms. The summed E-state index contributed by atoms with van der Waals surface area (Å²) in [4.78, 5) is 23.8. The van der Waals surface area contributed by atoms with E-state index in [0.717, 1.165) is 6.42 Å². The van der Waals surface area contributed by atoms with Gasteiger partial charge in [-0.05, 0) is 18.6 Å². The van der Waals surface area contributed by atoms with Crippen molar-refractivity contribution in [1.82, 2.24) is 20.4 Å². The molecule has 2 unspecified atom stereocenters. The summed E-state index contributed by atoms with van der Waals surface area (Å²) in [6, 6.07) is 5.36. The van der Waals surface area contributed by atoms with Crippen LogP contribution in [0.2, 0.25) is 0 Å². The van der Waals surface area contributed by atoms with E-state index in [1.54, 1.807) is 36.1 Å². The number of amides is 2. The highest BCUT2D eigenvalue weighted by atomic mass is 16.3. The lowest BCUT2D eigenvalue weighted by Gasteiger charge is -2.31. The molecule has 8 nitrogen and oxygen atoms in total. The van der Waals surface area contributed by atoms with Gasteiger partial charge in [-0.25, -0.2) is 4.68 Å². The van der Waals surface area contributed by atoms with Crippen molar-refractivity contribution in [3.63, 3.8) is 0 Å². The maximum atomic E-state index is 11.9. The van der Waals surface area contributed by atoms with E-state index in [4.69, 9.17) is 4.42 Å². The average molecular weight is 331 g/mol. The van der Waals surface area contributed by atoms with Crippen molar-refractivity contribution in [3.05, 3.63) is 24.5 Å². The van der Waals surface area contributed by atoms with Crippen molar-refractivity contribution >= 4 is 17.6 Å². The third kappa shape index (κ3) is 3.33. The molecule has 8 heteroatoms. The summed E-state index contributed by atoms with van der Waals surface area (Å²) in [5.74, 6) is 0.919. The Hall–Kier alpha value is -2.61. The van der Waals surface area contributed by atoms with Crippen LogP contribution in [0.5, 0.6) is 0 Å². The lowest BCUT2D eigenvalue weighted by Crippen LogP contribution is -2.53. The lowest BCUT2D eigenvalue weighted by atomic mass is 10.1. The Labute approximate surface area is 139 Å². The van der Waals surface area contributed by atoms with Crippen LogP contribution in [0.1, 0.15) is 39.4 Å². The van der Waals surface area contributed by atoms with E-state index < -0.39 is 6.29 Å². The van der Waals surface area contributed by atoms with E-state index >= 15 is 0 Å². The molecular weight excluding hydrogens is 310 g/mol. The number of carbonyl (C=O) groups is 2. The first-order chi connectivity index (χ1) is 11.6. The summed E-state index contributed by atoms with van der Waals surface area (Å²) in [7, 11) is 0. The highest BCUT2D eigenvalue weighted by Crippen LogP contribution is 2.25. The van der Waals surface area contributed by atoms with Gasteiger partial charge in [0, 0.05) is 24.9 Å². The smallest absolute Gasteiger partial charge is 0.225 e.